The zero-order chi connectivity index (χ0) is 18.4. The first-order valence-corrected chi connectivity index (χ1v) is 8.37. The molecule has 0 radical (unpaired) electrons. The molecule has 8 heteroatoms. The van der Waals surface area contributed by atoms with Crippen molar-refractivity contribution in [3.63, 3.8) is 0 Å². The molecule has 0 amide bonds. The van der Waals surface area contributed by atoms with Crippen molar-refractivity contribution >= 4 is 11.2 Å². The first kappa shape index (κ1) is 18.0. The van der Waals surface area contributed by atoms with Gasteiger partial charge >= 0.3 is 6.18 Å². The lowest BCUT2D eigenvalue weighted by Gasteiger charge is -2.41. The van der Waals surface area contributed by atoms with Gasteiger partial charge in [-0.2, -0.15) is 18.2 Å². The van der Waals surface area contributed by atoms with Crippen LogP contribution in [-0.4, -0.2) is 31.8 Å². The van der Waals surface area contributed by atoms with Crippen molar-refractivity contribution in [2.24, 2.45) is 5.92 Å². The maximum Gasteiger partial charge on any atom is 0.418 e. The summed E-state index contributed by atoms with van der Waals surface area (Å²) in [5.74, 6) is 0.322. The minimum Gasteiger partial charge on any atom is -0.478 e. The second-order valence-corrected chi connectivity index (χ2v) is 7.42. The van der Waals surface area contributed by atoms with Crippen molar-refractivity contribution in [2.45, 2.75) is 57.9 Å². The standard InChI is InChI=1S/C17H22F3N3O2/c1-10(2)4-5-25-13-6-12(17(18,19)20)14-15(22-13)21-9-23(14)11-7-16(3,24)8-11/h6,9-11,24H,4-5,7-8H2,1-3H3/t11-,16+. The third-order valence-electron chi connectivity index (χ3n) is 4.51. The van der Waals surface area contributed by atoms with E-state index in [1.807, 2.05) is 13.8 Å². The minimum absolute atomic E-state index is 0.0147. The Morgan fingerprint density at radius 2 is 2.08 bits per heavy atom. The molecule has 0 bridgehead atoms. The average Bonchev–Trinajstić information content (AvgIpc) is 2.85. The van der Waals surface area contributed by atoms with Gasteiger partial charge in [-0.15, -0.1) is 0 Å². The quantitative estimate of drug-likeness (QED) is 0.880. The summed E-state index contributed by atoms with van der Waals surface area (Å²) < 4.78 is 47.6. The summed E-state index contributed by atoms with van der Waals surface area (Å²) in [7, 11) is 0. The van der Waals surface area contributed by atoms with Gasteiger partial charge in [0.25, 0.3) is 0 Å². The number of imidazole rings is 1. The van der Waals surface area contributed by atoms with Crippen molar-refractivity contribution in [3.05, 3.63) is 18.0 Å². The Kier molecular flexibility index (Phi) is 4.43. The molecule has 5 nitrogen and oxygen atoms in total. The molecule has 2 aromatic heterocycles. The molecule has 2 heterocycles. The van der Waals surface area contributed by atoms with Crippen LogP contribution in [0.4, 0.5) is 13.2 Å². The smallest absolute Gasteiger partial charge is 0.418 e. The largest absolute Gasteiger partial charge is 0.478 e. The molecule has 1 fully saturated rings. The van der Waals surface area contributed by atoms with Crippen LogP contribution in [0.25, 0.3) is 11.2 Å². The Morgan fingerprint density at radius 3 is 2.64 bits per heavy atom. The van der Waals surface area contributed by atoms with Crippen LogP contribution in [0.5, 0.6) is 5.88 Å². The predicted octanol–water partition coefficient (Wildman–Crippen LogP) is 3.96. The van der Waals surface area contributed by atoms with Crippen LogP contribution in [0.15, 0.2) is 12.4 Å². The van der Waals surface area contributed by atoms with Crippen LogP contribution in [0.2, 0.25) is 0 Å². The van der Waals surface area contributed by atoms with Crippen LogP contribution in [0, 0.1) is 5.92 Å². The van der Waals surface area contributed by atoms with E-state index in [2.05, 4.69) is 9.97 Å². The number of rotatable bonds is 5. The summed E-state index contributed by atoms with van der Waals surface area (Å²) in [6.07, 6.45) is -1.66. The van der Waals surface area contributed by atoms with E-state index in [0.717, 1.165) is 12.5 Å². The molecule has 0 atom stereocenters. The SMILES string of the molecule is CC(C)CCOc1cc(C(F)(F)F)c2c(ncn2[C@H]2C[C@@](C)(O)C2)n1. The van der Waals surface area contributed by atoms with Gasteiger partial charge in [0.1, 0.15) is 5.52 Å². The molecule has 0 aliphatic heterocycles. The highest BCUT2D eigenvalue weighted by Crippen LogP contribution is 2.44. The van der Waals surface area contributed by atoms with Gasteiger partial charge in [-0.1, -0.05) is 13.8 Å². The van der Waals surface area contributed by atoms with E-state index in [-0.39, 0.29) is 23.1 Å². The van der Waals surface area contributed by atoms with E-state index in [0.29, 0.717) is 25.4 Å². The monoisotopic (exact) mass is 357 g/mol. The average molecular weight is 357 g/mol. The molecular formula is C17H22F3N3O2. The summed E-state index contributed by atoms with van der Waals surface area (Å²) in [5, 5.41) is 9.88. The van der Waals surface area contributed by atoms with Crippen molar-refractivity contribution < 1.29 is 23.0 Å². The van der Waals surface area contributed by atoms with Gasteiger partial charge in [-0.3, -0.25) is 0 Å². The number of aliphatic hydroxyl groups is 1. The fourth-order valence-corrected chi connectivity index (χ4v) is 3.14. The molecule has 1 N–H and O–H groups in total. The number of fused-ring (bicyclic) bond motifs is 1. The number of alkyl halides is 3. The maximum absolute atomic E-state index is 13.6. The molecule has 3 rings (SSSR count). The normalized spacial score (nSPS) is 23.9. The topological polar surface area (TPSA) is 60.2 Å². The molecule has 1 aliphatic carbocycles. The number of halogens is 3. The molecule has 0 spiro atoms. The van der Waals surface area contributed by atoms with Gasteiger partial charge < -0.3 is 14.4 Å². The number of nitrogens with zero attached hydrogens (tertiary/aromatic N) is 3. The third-order valence-corrected chi connectivity index (χ3v) is 4.51. The fourth-order valence-electron chi connectivity index (χ4n) is 3.14. The van der Waals surface area contributed by atoms with Gasteiger partial charge in [0.05, 0.1) is 24.1 Å². The molecule has 1 aliphatic rings. The second kappa shape index (κ2) is 6.16. The van der Waals surface area contributed by atoms with Crippen LogP contribution >= 0.6 is 0 Å². The van der Waals surface area contributed by atoms with E-state index in [4.69, 9.17) is 4.74 Å². The number of hydrogen-bond donors (Lipinski definition) is 1. The fraction of sp³-hybridized carbons (Fsp3) is 0.647. The van der Waals surface area contributed by atoms with Crippen molar-refractivity contribution in [1.82, 2.24) is 14.5 Å². The molecular weight excluding hydrogens is 335 g/mol. The number of hydrogen-bond acceptors (Lipinski definition) is 4. The molecule has 25 heavy (non-hydrogen) atoms. The molecule has 0 unspecified atom stereocenters. The van der Waals surface area contributed by atoms with Crippen LogP contribution in [-0.2, 0) is 6.18 Å². The van der Waals surface area contributed by atoms with Crippen molar-refractivity contribution in [2.75, 3.05) is 6.61 Å². The Bertz CT molecular complexity index is 760. The molecule has 0 aromatic carbocycles. The lowest BCUT2D eigenvalue weighted by molar-refractivity contribution is -0.136. The van der Waals surface area contributed by atoms with Crippen LogP contribution in [0.1, 0.15) is 51.6 Å². The highest BCUT2D eigenvalue weighted by molar-refractivity contribution is 5.77. The zero-order valence-corrected chi connectivity index (χ0v) is 14.5. The van der Waals surface area contributed by atoms with Gasteiger partial charge in [-0.05, 0) is 32.1 Å². The highest BCUT2D eigenvalue weighted by Gasteiger charge is 2.42. The van der Waals surface area contributed by atoms with Crippen molar-refractivity contribution in [3.8, 4) is 5.88 Å². The van der Waals surface area contributed by atoms with E-state index in [1.165, 1.54) is 10.9 Å². The van der Waals surface area contributed by atoms with Gasteiger partial charge in [0.2, 0.25) is 5.88 Å². The minimum atomic E-state index is -4.54. The molecule has 2 aromatic rings. The van der Waals surface area contributed by atoms with Crippen LogP contribution in [0.3, 0.4) is 0 Å². The number of pyridine rings is 1. The highest BCUT2D eigenvalue weighted by atomic mass is 19.4. The van der Waals surface area contributed by atoms with Gasteiger partial charge in [0.15, 0.2) is 5.65 Å². The van der Waals surface area contributed by atoms with E-state index in [1.54, 1.807) is 6.92 Å². The zero-order valence-electron chi connectivity index (χ0n) is 14.5. The summed E-state index contributed by atoms with van der Waals surface area (Å²) in [5.41, 5.74) is -1.68. The molecule has 1 saturated carbocycles. The number of aromatic nitrogens is 3. The predicted molar refractivity (Wildman–Crippen MR) is 86.4 cm³/mol. The maximum atomic E-state index is 13.6. The Labute approximate surface area is 143 Å². The summed E-state index contributed by atoms with van der Waals surface area (Å²) >= 11 is 0. The first-order chi connectivity index (χ1) is 11.6. The lowest BCUT2D eigenvalue weighted by Crippen LogP contribution is -2.41. The number of ether oxygens (including phenoxy) is 1. The summed E-state index contributed by atoms with van der Waals surface area (Å²) in [6, 6.07) is 0.730. The molecule has 138 valence electrons. The third kappa shape index (κ3) is 3.73. The Balaban J connectivity index is 1.97. The van der Waals surface area contributed by atoms with E-state index < -0.39 is 17.3 Å². The van der Waals surface area contributed by atoms with Crippen LogP contribution < -0.4 is 4.74 Å². The first-order valence-electron chi connectivity index (χ1n) is 8.37. The second-order valence-electron chi connectivity index (χ2n) is 7.42. The van der Waals surface area contributed by atoms with E-state index >= 15 is 0 Å². The lowest BCUT2D eigenvalue weighted by atomic mass is 9.77. The Morgan fingerprint density at radius 1 is 1.40 bits per heavy atom. The van der Waals surface area contributed by atoms with Crippen molar-refractivity contribution in [1.29, 1.82) is 0 Å². The Hall–Kier alpha value is -1.83. The molecule has 0 saturated heterocycles. The summed E-state index contributed by atoms with van der Waals surface area (Å²) in [6.45, 7) is 6.00. The van der Waals surface area contributed by atoms with E-state index in [9.17, 15) is 18.3 Å². The van der Waals surface area contributed by atoms with Gasteiger partial charge in [-0.25, -0.2) is 4.98 Å². The van der Waals surface area contributed by atoms with Gasteiger partial charge in [0, 0.05) is 12.1 Å². The summed E-state index contributed by atoms with van der Waals surface area (Å²) in [4.78, 5) is 8.16.